The summed E-state index contributed by atoms with van der Waals surface area (Å²) in [5, 5.41) is 4.93. The summed E-state index contributed by atoms with van der Waals surface area (Å²) in [5.41, 5.74) is 2.67. The lowest BCUT2D eigenvalue weighted by Gasteiger charge is -2.35. The van der Waals surface area contributed by atoms with Crippen LogP contribution in [0.25, 0.3) is 5.69 Å². The number of anilines is 2. The molecule has 3 heterocycles. The number of piperazine rings is 1. The van der Waals surface area contributed by atoms with Crippen LogP contribution in [0.5, 0.6) is 5.75 Å². The van der Waals surface area contributed by atoms with Crippen LogP contribution in [-0.2, 0) is 20.5 Å². The number of sulfonamides is 1. The highest BCUT2D eigenvalue weighted by atomic mass is 35.5. The van der Waals surface area contributed by atoms with E-state index in [9.17, 15) is 13.2 Å². The van der Waals surface area contributed by atoms with E-state index in [1.807, 2.05) is 29.2 Å². The second-order valence-electron chi connectivity index (χ2n) is 11.6. The minimum absolute atomic E-state index is 0.0550. The van der Waals surface area contributed by atoms with E-state index < -0.39 is 10.0 Å². The number of benzene rings is 2. The number of aromatic nitrogens is 2. The Labute approximate surface area is 251 Å². The van der Waals surface area contributed by atoms with Crippen LogP contribution in [0.1, 0.15) is 25.3 Å². The van der Waals surface area contributed by atoms with Crippen molar-refractivity contribution in [2.45, 2.75) is 25.5 Å². The third-order valence-corrected chi connectivity index (χ3v) is 10.4. The second-order valence-corrected chi connectivity index (χ2v) is 14.0. The van der Waals surface area contributed by atoms with E-state index in [1.165, 1.54) is 8.99 Å². The summed E-state index contributed by atoms with van der Waals surface area (Å²) in [4.78, 5) is 17.9. The molecule has 1 saturated carbocycles. The van der Waals surface area contributed by atoms with Crippen molar-refractivity contribution in [1.29, 1.82) is 0 Å². The molecule has 12 heteroatoms. The maximum absolute atomic E-state index is 13.6. The Balaban J connectivity index is 1.15. The first-order valence-electron chi connectivity index (χ1n) is 14.4. The van der Waals surface area contributed by atoms with Crippen molar-refractivity contribution < 1.29 is 17.9 Å². The first-order valence-corrected chi connectivity index (χ1v) is 16.4. The van der Waals surface area contributed by atoms with Crippen LogP contribution in [0.2, 0.25) is 5.02 Å². The average molecular weight is 614 g/mol. The maximum atomic E-state index is 13.6. The van der Waals surface area contributed by atoms with Crippen molar-refractivity contribution in [3.05, 3.63) is 75.7 Å². The fraction of sp³-hybridized carbons (Fsp3) is 0.467. The van der Waals surface area contributed by atoms with E-state index >= 15 is 0 Å². The Morgan fingerprint density at radius 3 is 2.33 bits per heavy atom. The minimum atomic E-state index is -3.52. The smallest absolute Gasteiger partial charge is 0.316 e. The quantitative estimate of drug-likeness (QED) is 0.362. The Kier molecular flexibility index (Phi) is 8.19. The lowest BCUT2D eigenvalue weighted by Crippen LogP contribution is -2.49. The maximum Gasteiger partial charge on any atom is 0.316 e. The van der Waals surface area contributed by atoms with Gasteiger partial charge in [0.25, 0.3) is 0 Å². The van der Waals surface area contributed by atoms with Gasteiger partial charge in [-0.25, -0.2) is 8.42 Å². The van der Waals surface area contributed by atoms with E-state index in [0.717, 1.165) is 37.2 Å². The molecule has 224 valence electrons. The standard InChI is InChI=1S/C30H36ClN5O5S/c1-30(9-10-30)22-41-28-27(20-32-36(29(28)37)26-4-2-3-24(31)19-26)34-11-13-35(14-12-34)42(38,39)21-23-5-7-25(8-6-23)33-15-17-40-18-16-33/h2-8,19-20H,9-18,21-22H2,1H3. The van der Waals surface area contributed by atoms with Crippen LogP contribution in [0.3, 0.4) is 0 Å². The van der Waals surface area contributed by atoms with Crippen molar-refractivity contribution in [1.82, 2.24) is 14.1 Å². The molecular weight excluding hydrogens is 578 g/mol. The van der Waals surface area contributed by atoms with Gasteiger partial charge in [0.15, 0.2) is 0 Å². The van der Waals surface area contributed by atoms with Gasteiger partial charge in [0.1, 0.15) is 5.69 Å². The van der Waals surface area contributed by atoms with Gasteiger partial charge in [-0.1, -0.05) is 36.7 Å². The monoisotopic (exact) mass is 613 g/mol. The third-order valence-electron chi connectivity index (χ3n) is 8.27. The molecule has 0 spiro atoms. The van der Waals surface area contributed by atoms with Crippen molar-refractivity contribution in [3.8, 4) is 11.4 Å². The molecule has 1 aliphatic carbocycles. The van der Waals surface area contributed by atoms with Crippen molar-refractivity contribution in [2.24, 2.45) is 5.41 Å². The number of morpholine rings is 1. The van der Waals surface area contributed by atoms with Crippen LogP contribution < -0.4 is 20.1 Å². The molecule has 3 aromatic rings. The predicted molar refractivity (Wildman–Crippen MR) is 164 cm³/mol. The number of hydrogen-bond donors (Lipinski definition) is 0. The predicted octanol–water partition coefficient (Wildman–Crippen LogP) is 3.55. The van der Waals surface area contributed by atoms with Gasteiger partial charge in [0.2, 0.25) is 15.8 Å². The lowest BCUT2D eigenvalue weighted by atomic mass is 10.2. The van der Waals surface area contributed by atoms with Gasteiger partial charge < -0.3 is 19.3 Å². The summed E-state index contributed by atoms with van der Waals surface area (Å²) in [6.07, 6.45) is 3.75. The van der Waals surface area contributed by atoms with Gasteiger partial charge >= 0.3 is 5.56 Å². The summed E-state index contributed by atoms with van der Waals surface area (Å²) >= 11 is 6.17. The molecule has 0 N–H and O–H groups in total. The van der Waals surface area contributed by atoms with Crippen molar-refractivity contribution in [2.75, 3.05) is 68.9 Å². The highest BCUT2D eigenvalue weighted by molar-refractivity contribution is 7.88. The first kappa shape index (κ1) is 29.0. The van der Waals surface area contributed by atoms with Crippen LogP contribution >= 0.6 is 11.6 Å². The van der Waals surface area contributed by atoms with Gasteiger partial charge in [-0.2, -0.15) is 14.1 Å². The summed E-state index contributed by atoms with van der Waals surface area (Å²) in [5.74, 6) is 0.176. The highest BCUT2D eigenvalue weighted by Gasteiger charge is 2.39. The van der Waals surface area contributed by atoms with E-state index in [2.05, 4.69) is 16.9 Å². The van der Waals surface area contributed by atoms with Gasteiger partial charge in [-0.05, 0) is 48.7 Å². The number of halogens is 1. The molecule has 0 amide bonds. The zero-order chi connectivity index (χ0) is 29.3. The Morgan fingerprint density at radius 2 is 1.67 bits per heavy atom. The number of ether oxygens (including phenoxy) is 2. The zero-order valence-electron chi connectivity index (χ0n) is 23.7. The van der Waals surface area contributed by atoms with Gasteiger partial charge in [-0.15, -0.1) is 0 Å². The number of rotatable bonds is 9. The molecule has 2 aromatic carbocycles. The molecule has 3 aliphatic rings. The van der Waals surface area contributed by atoms with Crippen LogP contribution in [-0.4, -0.2) is 81.6 Å². The molecule has 1 aromatic heterocycles. The normalized spacial score (nSPS) is 19.1. The highest BCUT2D eigenvalue weighted by Crippen LogP contribution is 2.45. The largest absolute Gasteiger partial charge is 0.486 e. The fourth-order valence-electron chi connectivity index (χ4n) is 5.32. The van der Waals surface area contributed by atoms with Crippen LogP contribution in [0.15, 0.2) is 59.5 Å². The number of nitrogens with zero attached hydrogens (tertiary/aromatic N) is 5. The Bertz CT molecular complexity index is 1580. The molecule has 2 aliphatic heterocycles. The van der Waals surface area contributed by atoms with E-state index in [0.29, 0.717) is 62.4 Å². The molecule has 0 radical (unpaired) electrons. The van der Waals surface area contributed by atoms with E-state index in [1.54, 1.807) is 30.5 Å². The fourth-order valence-corrected chi connectivity index (χ4v) is 7.02. The summed E-state index contributed by atoms with van der Waals surface area (Å²) in [6.45, 7) is 7.11. The van der Waals surface area contributed by atoms with E-state index in [-0.39, 0.29) is 22.5 Å². The molecule has 3 fully saturated rings. The molecular formula is C30H36ClN5O5S. The first-order chi connectivity index (χ1) is 20.2. The summed E-state index contributed by atoms with van der Waals surface area (Å²) in [7, 11) is -3.52. The molecule has 2 saturated heterocycles. The topological polar surface area (TPSA) is 97.2 Å². The third kappa shape index (κ3) is 6.44. The van der Waals surface area contributed by atoms with Gasteiger partial charge in [0.05, 0.1) is 37.5 Å². The van der Waals surface area contributed by atoms with E-state index in [4.69, 9.17) is 21.1 Å². The molecule has 0 bridgehead atoms. The Hall–Kier alpha value is -3.12. The Morgan fingerprint density at radius 1 is 0.952 bits per heavy atom. The average Bonchev–Trinajstić information content (AvgIpc) is 3.74. The molecule has 42 heavy (non-hydrogen) atoms. The van der Waals surface area contributed by atoms with Gasteiger partial charge in [-0.3, -0.25) is 4.79 Å². The SMILES string of the molecule is CC1(COc2c(N3CCN(S(=O)(=O)Cc4ccc(N5CCOCC5)cc4)CC3)cnn(-c3cccc(Cl)c3)c2=O)CC1. The lowest BCUT2D eigenvalue weighted by molar-refractivity contribution is 0.122. The van der Waals surface area contributed by atoms with Crippen molar-refractivity contribution in [3.63, 3.8) is 0 Å². The minimum Gasteiger partial charge on any atom is -0.486 e. The zero-order valence-corrected chi connectivity index (χ0v) is 25.3. The molecule has 10 nitrogen and oxygen atoms in total. The molecule has 6 rings (SSSR count). The molecule has 0 unspecified atom stereocenters. The summed E-state index contributed by atoms with van der Waals surface area (Å²) < 4.78 is 41.1. The van der Waals surface area contributed by atoms with Crippen molar-refractivity contribution >= 4 is 33.0 Å². The van der Waals surface area contributed by atoms with Crippen LogP contribution in [0.4, 0.5) is 11.4 Å². The number of hydrogen-bond acceptors (Lipinski definition) is 8. The second kappa shape index (κ2) is 11.9. The van der Waals surface area contributed by atoms with Gasteiger partial charge in [0, 0.05) is 55.4 Å². The molecule has 0 atom stereocenters. The van der Waals surface area contributed by atoms with Crippen LogP contribution in [0, 0.1) is 5.41 Å². The summed E-state index contributed by atoms with van der Waals surface area (Å²) in [6, 6.07) is 14.7.